The van der Waals surface area contributed by atoms with Gasteiger partial charge in [0.15, 0.2) is 0 Å². The number of pyridine rings is 1. The van der Waals surface area contributed by atoms with Gasteiger partial charge in [0.1, 0.15) is 0 Å². The number of hydrogen-bond acceptors (Lipinski definition) is 3. The van der Waals surface area contributed by atoms with Crippen molar-refractivity contribution in [1.29, 1.82) is 0 Å². The first-order chi connectivity index (χ1) is 7.34. The fourth-order valence-corrected chi connectivity index (χ4v) is 2.17. The quantitative estimate of drug-likeness (QED) is 0.773. The molecule has 2 atom stereocenters. The first kappa shape index (κ1) is 10.6. The molecule has 2 rings (SSSR count). The summed E-state index contributed by atoms with van der Waals surface area (Å²) in [5, 5.41) is 3.56. The number of nitrogens with one attached hydrogen (secondary N) is 1. The second-order valence-electron chi connectivity index (χ2n) is 4.33. The summed E-state index contributed by atoms with van der Waals surface area (Å²) in [4.78, 5) is 4.00. The molecule has 1 aromatic heterocycles. The first-order valence-corrected chi connectivity index (χ1v) is 5.72. The monoisotopic (exact) mass is 205 g/mol. The maximum atomic E-state index is 5.86. The molecule has 1 heterocycles. The summed E-state index contributed by atoms with van der Waals surface area (Å²) >= 11 is 0. The number of nitrogens with two attached hydrogens (primary N) is 1. The molecule has 2 unspecified atom stereocenters. The lowest BCUT2D eigenvalue weighted by atomic mass is 10.2. The number of aromatic nitrogens is 1. The van der Waals surface area contributed by atoms with Crippen LogP contribution in [0.25, 0.3) is 0 Å². The van der Waals surface area contributed by atoms with Crippen molar-refractivity contribution >= 4 is 0 Å². The van der Waals surface area contributed by atoms with Gasteiger partial charge >= 0.3 is 0 Å². The molecular weight excluding hydrogens is 186 g/mol. The van der Waals surface area contributed by atoms with Crippen LogP contribution in [-0.2, 0) is 6.42 Å². The van der Waals surface area contributed by atoms with Crippen LogP contribution < -0.4 is 11.1 Å². The van der Waals surface area contributed by atoms with Gasteiger partial charge in [-0.25, -0.2) is 0 Å². The van der Waals surface area contributed by atoms with E-state index in [1.165, 1.54) is 18.4 Å². The molecule has 1 aliphatic rings. The lowest BCUT2D eigenvalue weighted by molar-refractivity contribution is 0.520. The van der Waals surface area contributed by atoms with E-state index in [-0.39, 0.29) is 0 Å². The van der Waals surface area contributed by atoms with Crippen molar-refractivity contribution in [1.82, 2.24) is 10.3 Å². The Bertz CT molecular complexity index is 286. The third-order valence-corrected chi connectivity index (χ3v) is 3.07. The summed E-state index contributed by atoms with van der Waals surface area (Å²) in [5.41, 5.74) is 7.21. The third-order valence-electron chi connectivity index (χ3n) is 3.07. The molecule has 1 saturated carbocycles. The van der Waals surface area contributed by atoms with Crippen LogP contribution in [0.5, 0.6) is 0 Å². The molecule has 0 aromatic carbocycles. The molecule has 1 aromatic rings. The van der Waals surface area contributed by atoms with Crippen molar-refractivity contribution < 1.29 is 0 Å². The molecule has 0 spiro atoms. The predicted octanol–water partition coefficient (Wildman–Crippen LogP) is 1.09. The van der Waals surface area contributed by atoms with Crippen LogP contribution in [0.4, 0.5) is 0 Å². The van der Waals surface area contributed by atoms with Crippen LogP contribution in [0.2, 0.25) is 0 Å². The van der Waals surface area contributed by atoms with Gasteiger partial charge < -0.3 is 11.1 Å². The fraction of sp³-hybridized carbons (Fsp3) is 0.583. The smallest absolute Gasteiger partial charge is 0.0270 e. The lowest BCUT2D eigenvalue weighted by Gasteiger charge is -2.11. The van der Waals surface area contributed by atoms with Crippen LogP contribution in [0, 0.1) is 0 Å². The van der Waals surface area contributed by atoms with Gasteiger partial charge in [0.2, 0.25) is 0 Å². The Morgan fingerprint density at radius 3 is 2.80 bits per heavy atom. The second kappa shape index (κ2) is 5.24. The minimum Gasteiger partial charge on any atom is -0.328 e. The second-order valence-corrected chi connectivity index (χ2v) is 4.33. The summed E-state index contributed by atoms with van der Waals surface area (Å²) in [6, 6.07) is 5.20. The zero-order valence-corrected chi connectivity index (χ0v) is 9.02. The van der Waals surface area contributed by atoms with Gasteiger partial charge in [-0.05, 0) is 49.9 Å². The molecule has 3 nitrogen and oxygen atoms in total. The molecule has 0 radical (unpaired) electrons. The number of hydrogen-bond donors (Lipinski definition) is 2. The van der Waals surface area contributed by atoms with E-state index in [0.717, 1.165) is 19.4 Å². The van der Waals surface area contributed by atoms with Crippen LogP contribution in [0.15, 0.2) is 24.5 Å². The van der Waals surface area contributed by atoms with Gasteiger partial charge in [0, 0.05) is 24.5 Å². The normalized spacial score (nSPS) is 25.7. The Hall–Kier alpha value is -0.930. The Morgan fingerprint density at radius 2 is 2.13 bits per heavy atom. The van der Waals surface area contributed by atoms with Crippen molar-refractivity contribution in [2.45, 2.75) is 37.8 Å². The Balaban J connectivity index is 1.67. The molecule has 82 valence electrons. The molecule has 1 fully saturated rings. The molecule has 0 amide bonds. The van der Waals surface area contributed by atoms with E-state index in [1.807, 2.05) is 12.4 Å². The molecular formula is C12H19N3. The SMILES string of the molecule is NC1CCC(NCCc2ccncc2)C1. The van der Waals surface area contributed by atoms with Crippen molar-refractivity contribution in [3.05, 3.63) is 30.1 Å². The van der Waals surface area contributed by atoms with Crippen molar-refractivity contribution in [2.24, 2.45) is 5.73 Å². The van der Waals surface area contributed by atoms with E-state index in [4.69, 9.17) is 5.73 Å². The Morgan fingerprint density at radius 1 is 1.33 bits per heavy atom. The molecule has 0 bridgehead atoms. The molecule has 3 N–H and O–H groups in total. The van der Waals surface area contributed by atoms with Crippen LogP contribution in [0.1, 0.15) is 24.8 Å². The van der Waals surface area contributed by atoms with Gasteiger partial charge in [-0.3, -0.25) is 4.98 Å². The number of nitrogens with zero attached hydrogens (tertiary/aromatic N) is 1. The van der Waals surface area contributed by atoms with E-state index >= 15 is 0 Å². The van der Waals surface area contributed by atoms with E-state index in [0.29, 0.717) is 12.1 Å². The zero-order valence-electron chi connectivity index (χ0n) is 9.02. The van der Waals surface area contributed by atoms with Crippen LogP contribution in [0.3, 0.4) is 0 Å². The summed E-state index contributed by atoms with van der Waals surface area (Å²) in [7, 11) is 0. The minimum atomic E-state index is 0.420. The van der Waals surface area contributed by atoms with Crippen molar-refractivity contribution in [3.8, 4) is 0 Å². The summed E-state index contributed by atoms with van der Waals surface area (Å²) in [6.07, 6.45) is 8.32. The van der Waals surface area contributed by atoms with Gasteiger partial charge in [0.05, 0.1) is 0 Å². The molecule has 15 heavy (non-hydrogen) atoms. The first-order valence-electron chi connectivity index (χ1n) is 5.72. The standard InChI is InChI=1S/C12H19N3/c13-11-1-2-12(9-11)15-8-5-10-3-6-14-7-4-10/h3-4,6-7,11-12,15H,1-2,5,8-9,13H2. The highest BCUT2D eigenvalue weighted by molar-refractivity contribution is 5.09. The predicted molar refractivity (Wildman–Crippen MR) is 61.6 cm³/mol. The van der Waals surface area contributed by atoms with E-state index in [2.05, 4.69) is 22.4 Å². The van der Waals surface area contributed by atoms with Gasteiger partial charge in [0.25, 0.3) is 0 Å². The molecule has 0 saturated heterocycles. The van der Waals surface area contributed by atoms with Crippen LogP contribution in [-0.4, -0.2) is 23.6 Å². The van der Waals surface area contributed by atoms with Crippen molar-refractivity contribution in [3.63, 3.8) is 0 Å². The maximum Gasteiger partial charge on any atom is 0.0270 e. The summed E-state index contributed by atoms with van der Waals surface area (Å²) in [5.74, 6) is 0. The van der Waals surface area contributed by atoms with E-state index < -0.39 is 0 Å². The molecule has 1 aliphatic carbocycles. The largest absolute Gasteiger partial charge is 0.328 e. The molecule has 3 heteroatoms. The highest BCUT2D eigenvalue weighted by atomic mass is 14.9. The van der Waals surface area contributed by atoms with Crippen LogP contribution >= 0.6 is 0 Å². The maximum absolute atomic E-state index is 5.86. The van der Waals surface area contributed by atoms with Gasteiger partial charge in [-0.2, -0.15) is 0 Å². The van der Waals surface area contributed by atoms with Gasteiger partial charge in [-0.1, -0.05) is 0 Å². The van der Waals surface area contributed by atoms with Gasteiger partial charge in [-0.15, -0.1) is 0 Å². The average Bonchev–Trinajstić information content (AvgIpc) is 2.66. The summed E-state index contributed by atoms with van der Waals surface area (Å²) in [6.45, 7) is 1.04. The lowest BCUT2D eigenvalue weighted by Crippen LogP contribution is -2.30. The number of rotatable bonds is 4. The minimum absolute atomic E-state index is 0.420. The highest BCUT2D eigenvalue weighted by Crippen LogP contribution is 2.16. The average molecular weight is 205 g/mol. The Labute approximate surface area is 91.1 Å². The topological polar surface area (TPSA) is 50.9 Å². The van der Waals surface area contributed by atoms with Crippen molar-refractivity contribution in [2.75, 3.05) is 6.54 Å². The third kappa shape index (κ3) is 3.29. The molecule has 0 aliphatic heterocycles. The van der Waals surface area contributed by atoms with E-state index in [1.54, 1.807) is 0 Å². The summed E-state index contributed by atoms with van der Waals surface area (Å²) < 4.78 is 0. The highest BCUT2D eigenvalue weighted by Gasteiger charge is 2.20. The fourth-order valence-electron chi connectivity index (χ4n) is 2.17. The van der Waals surface area contributed by atoms with E-state index in [9.17, 15) is 0 Å². The Kier molecular flexibility index (Phi) is 3.69. The zero-order chi connectivity index (χ0) is 10.5.